The van der Waals surface area contributed by atoms with Gasteiger partial charge in [-0.15, -0.1) is 0 Å². The van der Waals surface area contributed by atoms with Gasteiger partial charge in [-0.25, -0.2) is 14.8 Å². The van der Waals surface area contributed by atoms with Crippen LogP contribution in [0.3, 0.4) is 0 Å². The van der Waals surface area contributed by atoms with Crippen molar-refractivity contribution in [2.24, 2.45) is 0 Å². The van der Waals surface area contributed by atoms with Crippen molar-refractivity contribution < 1.29 is 4.79 Å². The van der Waals surface area contributed by atoms with Crippen LogP contribution in [0.25, 0.3) is 11.0 Å². The fraction of sp³-hybridized carbons (Fsp3) is 0.435. The van der Waals surface area contributed by atoms with Gasteiger partial charge in [-0.05, 0) is 43.4 Å². The Morgan fingerprint density at radius 3 is 2.66 bits per heavy atom. The summed E-state index contributed by atoms with van der Waals surface area (Å²) in [7, 11) is 0. The topological polar surface area (TPSA) is 122 Å². The monoisotopic (exact) mass is 438 g/mol. The Labute approximate surface area is 186 Å². The predicted molar refractivity (Wildman–Crippen MR) is 125 cm³/mol. The smallest absolute Gasteiger partial charge is 0.329 e. The average molecular weight is 439 g/mol. The number of unbranched alkanes of at least 4 members (excludes halogenated alkanes) is 1. The van der Waals surface area contributed by atoms with Crippen molar-refractivity contribution in [3.63, 3.8) is 0 Å². The number of carbonyl (C=O) groups is 1. The van der Waals surface area contributed by atoms with Crippen LogP contribution in [-0.4, -0.2) is 38.5 Å². The van der Waals surface area contributed by atoms with Crippen molar-refractivity contribution in [3.05, 3.63) is 62.6 Å². The second kappa shape index (κ2) is 10.7. The van der Waals surface area contributed by atoms with E-state index in [1.165, 1.54) is 4.57 Å². The summed E-state index contributed by atoms with van der Waals surface area (Å²) in [5.74, 6) is 0.510. The minimum atomic E-state index is -0.593. The van der Waals surface area contributed by atoms with Crippen molar-refractivity contribution in [1.82, 2.24) is 24.8 Å². The van der Waals surface area contributed by atoms with Crippen molar-refractivity contribution in [1.29, 1.82) is 0 Å². The Balaban J connectivity index is 1.76. The molecule has 0 bridgehead atoms. The van der Waals surface area contributed by atoms with Crippen LogP contribution in [0.2, 0.25) is 0 Å². The summed E-state index contributed by atoms with van der Waals surface area (Å²) in [4.78, 5) is 49.0. The molecule has 0 aliphatic heterocycles. The number of aromatic nitrogens is 4. The number of nitrogens with one attached hydrogen (secondary N) is 3. The zero-order valence-electron chi connectivity index (χ0n) is 18.8. The number of anilines is 1. The van der Waals surface area contributed by atoms with Crippen LogP contribution in [0.5, 0.6) is 0 Å². The molecule has 0 radical (unpaired) electrons. The molecule has 0 atom stereocenters. The number of H-pyrrole nitrogens is 1. The molecule has 0 saturated heterocycles. The van der Waals surface area contributed by atoms with Crippen LogP contribution in [-0.2, 0) is 6.54 Å². The van der Waals surface area contributed by atoms with Gasteiger partial charge in [-0.3, -0.25) is 19.1 Å². The van der Waals surface area contributed by atoms with Crippen LogP contribution in [0.15, 0.2) is 40.1 Å². The van der Waals surface area contributed by atoms with Gasteiger partial charge in [0.1, 0.15) is 5.82 Å². The van der Waals surface area contributed by atoms with E-state index in [1.807, 2.05) is 39.0 Å². The highest BCUT2D eigenvalue weighted by Crippen LogP contribution is 2.20. The highest BCUT2D eigenvalue weighted by atomic mass is 16.2. The third-order valence-electron chi connectivity index (χ3n) is 5.11. The number of hydrogen-bond acceptors (Lipinski definition) is 6. The van der Waals surface area contributed by atoms with Crippen LogP contribution in [0.1, 0.15) is 62.0 Å². The Hall–Kier alpha value is -3.49. The molecule has 3 aromatic rings. The largest absolute Gasteiger partial charge is 0.370 e. The number of pyridine rings is 2. The lowest BCUT2D eigenvalue weighted by atomic mass is 10.0. The quantitative estimate of drug-likeness (QED) is 0.418. The van der Waals surface area contributed by atoms with E-state index in [-0.39, 0.29) is 28.4 Å². The number of nitrogens with zero attached hydrogens (tertiary/aromatic N) is 3. The predicted octanol–water partition coefficient (Wildman–Crippen LogP) is 2.64. The lowest BCUT2D eigenvalue weighted by Gasteiger charge is -2.14. The lowest BCUT2D eigenvalue weighted by Crippen LogP contribution is -2.33. The molecule has 0 unspecified atom stereocenters. The summed E-state index contributed by atoms with van der Waals surface area (Å²) < 4.78 is 1.43. The molecule has 0 spiro atoms. The summed E-state index contributed by atoms with van der Waals surface area (Å²) in [6.45, 7) is 7.47. The normalized spacial score (nSPS) is 11.1. The van der Waals surface area contributed by atoms with Crippen molar-refractivity contribution in [2.75, 3.05) is 18.4 Å². The highest BCUT2D eigenvalue weighted by Gasteiger charge is 2.20. The van der Waals surface area contributed by atoms with Gasteiger partial charge in [0.15, 0.2) is 5.65 Å². The molecule has 0 aliphatic rings. The maximum Gasteiger partial charge on any atom is 0.329 e. The number of rotatable bonds is 10. The van der Waals surface area contributed by atoms with Gasteiger partial charge < -0.3 is 10.6 Å². The van der Waals surface area contributed by atoms with Gasteiger partial charge >= 0.3 is 5.69 Å². The molecule has 0 saturated carbocycles. The molecular formula is C23H30N6O3. The first-order chi connectivity index (χ1) is 15.4. The first-order valence-electron chi connectivity index (χ1n) is 11.0. The van der Waals surface area contributed by atoms with E-state index in [0.29, 0.717) is 25.2 Å². The molecule has 170 valence electrons. The van der Waals surface area contributed by atoms with E-state index in [1.54, 1.807) is 12.3 Å². The maximum absolute atomic E-state index is 13.0. The average Bonchev–Trinajstić information content (AvgIpc) is 2.78. The van der Waals surface area contributed by atoms with Crippen molar-refractivity contribution in [2.45, 2.75) is 52.5 Å². The zero-order chi connectivity index (χ0) is 23.1. The number of aryl methyl sites for hydroxylation is 1. The second-order valence-corrected chi connectivity index (χ2v) is 7.96. The molecule has 1 amide bonds. The maximum atomic E-state index is 13.0. The molecule has 0 fully saturated rings. The van der Waals surface area contributed by atoms with Crippen LogP contribution < -0.4 is 21.9 Å². The fourth-order valence-electron chi connectivity index (χ4n) is 3.43. The van der Waals surface area contributed by atoms with E-state index in [2.05, 4.69) is 25.6 Å². The second-order valence-electron chi connectivity index (χ2n) is 7.96. The van der Waals surface area contributed by atoms with Crippen LogP contribution in [0, 0.1) is 0 Å². The summed E-state index contributed by atoms with van der Waals surface area (Å²) in [6, 6.07) is 7.34. The van der Waals surface area contributed by atoms with E-state index >= 15 is 0 Å². The number of hydrogen-bond donors (Lipinski definition) is 3. The fourth-order valence-corrected chi connectivity index (χ4v) is 3.43. The first kappa shape index (κ1) is 23.2. The Bertz CT molecular complexity index is 1180. The minimum absolute atomic E-state index is 0.0353. The summed E-state index contributed by atoms with van der Waals surface area (Å²) in [6.07, 6.45) is 4.04. The van der Waals surface area contributed by atoms with Crippen molar-refractivity contribution >= 4 is 22.8 Å². The van der Waals surface area contributed by atoms with E-state index < -0.39 is 11.2 Å². The Morgan fingerprint density at radius 1 is 1.19 bits per heavy atom. The molecular weight excluding hydrogens is 408 g/mol. The lowest BCUT2D eigenvalue weighted by molar-refractivity contribution is 0.0954. The van der Waals surface area contributed by atoms with E-state index in [0.717, 1.165) is 25.2 Å². The van der Waals surface area contributed by atoms with Gasteiger partial charge in [0, 0.05) is 31.5 Å². The molecule has 3 aromatic heterocycles. The first-order valence-corrected chi connectivity index (χ1v) is 11.0. The van der Waals surface area contributed by atoms with Crippen LogP contribution in [0.4, 0.5) is 5.82 Å². The van der Waals surface area contributed by atoms with E-state index in [4.69, 9.17) is 0 Å². The minimum Gasteiger partial charge on any atom is -0.370 e. The molecule has 0 aromatic carbocycles. The van der Waals surface area contributed by atoms with Gasteiger partial charge in [0.25, 0.3) is 11.5 Å². The molecule has 3 rings (SSSR count). The van der Waals surface area contributed by atoms with E-state index in [9.17, 15) is 14.4 Å². The number of aromatic amines is 1. The standard InChI is InChI=1S/C23H30N6O3/c1-4-13-29-20-19(22(31)28-23(29)32)16(14-17(27-20)15(2)3)21(30)26-12-8-7-11-25-18-9-5-6-10-24-18/h5-6,9-10,14-15H,4,7-8,11-13H2,1-3H3,(H,24,25)(H,26,30)(H,28,31,32). The van der Waals surface area contributed by atoms with Crippen LogP contribution >= 0.6 is 0 Å². The molecule has 32 heavy (non-hydrogen) atoms. The number of carbonyl (C=O) groups excluding carboxylic acids is 1. The molecule has 9 nitrogen and oxygen atoms in total. The Morgan fingerprint density at radius 2 is 1.97 bits per heavy atom. The number of amides is 1. The molecule has 3 heterocycles. The summed E-state index contributed by atoms with van der Waals surface area (Å²) in [5.41, 5.74) is 0.0689. The third kappa shape index (κ3) is 5.40. The van der Waals surface area contributed by atoms with Gasteiger partial charge in [-0.2, -0.15) is 0 Å². The molecule has 3 N–H and O–H groups in total. The Kier molecular flexibility index (Phi) is 7.75. The molecule has 9 heteroatoms. The highest BCUT2D eigenvalue weighted by molar-refractivity contribution is 6.05. The third-order valence-corrected chi connectivity index (χ3v) is 5.11. The molecule has 0 aliphatic carbocycles. The zero-order valence-corrected chi connectivity index (χ0v) is 18.8. The van der Waals surface area contributed by atoms with Gasteiger partial charge in [0.2, 0.25) is 0 Å². The van der Waals surface area contributed by atoms with Gasteiger partial charge in [0.05, 0.1) is 10.9 Å². The van der Waals surface area contributed by atoms with Crippen molar-refractivity contribution in [3.8, 4) is 0 Å². The van der Waals surface area contributed by atoms with Gasteiger partial charge in [-0.1, -0.05) is 26.8 Å². The SMILES string of the molecule is CCCn1c(=O)[nH]c(=O)c2c(C(=O)NCCCCNc3ccccn3)cc(C(C)C)nc21. The summed E-state index contributed by atoms with van der Waals surface area (Å²) in [5, 5.41) is 6.28. The number of fused-ring (bicyclic) bond motifs is 1. The summed E-state index contributed by atoms with van der Waals surface area (Å²) >= 11 is 0.